The van der Waals surface area contributed by atoms with Gasteiger partial charge in [0.05, 0.1) is 22.9 Å². The van der Waals surface area contributed by atoms with Crippen LogP contribution in [0.1, 0.15) is 46.4 Å². The maximum absolute atomic E-state index is 13.3. The zero-order chi connectivity index (χ0) is 23.4. The smallest absolute Gasteiger partial charge is 0.264 e. The molecule has 2 fully saturated rings. The standard InChI is InChI=1S/C24H33N5O4/c1-25-21(31)6-5-18(16-30)29-23(32)19-3-2-4-20(22(19)24(29)33)28-11-7-17(8-12-28)15-27-13-9-26-10-14-27/h2-4,16-18,26H,5-15H2,1H3,(H,25,31). The van der Waals surface area contributed by atoms with Crippen LogP contribution in [-0.2, 0) is 9.59 Å². The van der Waals surface area contributed by atoms with Crippen LogP contribution in [0, 0.1) is 5.92 Å². The Hall–Kier alpha value is -2.78. The number of hydrogen-bond donors (Lipinski definition) is 2. The highest BCUT2D eigenvalue weighted by molar-refractivity contribution is 6.24. The Morgan fingerprint density at radius 3 is 2.55 bits per heavy atom. The van der Waals surface area contributed by atoms with E-state index in [4.69, 9.17) is 0 Å². The molecule has 1 unspecified atom stereocenters. The Labute approximate surface area is 194 Å². The topological polar surface area (TPSA) is 102 Å². The predicted molar refractivity (Wildman–Crippen MR) is 124 cm³/mol. The van der Waals surface area contributed by atoms with E-state index >= 15 is 0 Å². The first-order chi connectivity index (χ1) is 16.0. The fourth-order valence-corrected chi connectivity index (χ4v) is 5.13. The van der Waals surface area contributed by atoms with E-state index in [2.05, 4.69) is 20.4 Å². The fourth-order valence-electron chi connectivity index (χ4n) is 5.13. The average molecular weight is 456 g/mol. The normalized spacial score (nSPS) is 20.6. The molecule has 2 N–H and O–H groups in total. The second-order valence-electron chi connectivity index (χ2n) is 9.08. The Kier molecular flexibility index (Phi) is 7.39. The molecule has 3 heterocycles. The molecule has 0 saturated carbocycles. The number of nitrogens with one attached hydrogen (secondary N) is 2. The molecule has 0 radical (unpaired) electrons. The largest absolute Gasteiger partial charge is 0.371 e. The lowest BCUT2D eigenvalue weighted by molar-refractivity contribution is -0.121. The summed E-state index contributed by atoms with van der Waals surface area (Å²) in [4.78, 5) is 55.5. The number of anilines is 1. The van der Waals surface area contributed by atoms with Gasteiger partial charge in [0.1, 0.15) is 6.29 Å². The summed E-state index contributed by atoms with van der Waals surface area (Å²) in [5.41, 5.74) is 1.49. The summed E-state index contributed by atoms with van der Waals surface area (Å²) in [5.74, 6) is -0.501. The zero-order valence-electron chi connectivity index (χ0n) is 19.2. The number of piperidine rings is 1. The van der Waals surface area contributed by atoms with E-state index in [1.165, 1.54) is 7.05 Å². The summed E-state index contributed by atoms with van der Waals surface area (Å²) < 4.78 is 0. The van der Waals surface area contributed by atoms with Gasteiger partial charge in [-0.3, -0.25) is 19.3 Å². The van der Waals surface area contributed by atoms with Crippen molar-refractivity contribution in [3.8, 4) is 0 Å². The third-order valence-electron chi connectivity index (χ3n) is 7.04. The molecule has 9 nitrogen and oxygen atoms in total. The number of amides is 3. The van der Waals surface area contributed by atoms with Crippen LogP contribution in [0.25, 0.3) is 0 Å². The Morgan fingerprint density at radius 2 is 1.88 bits per heavy atom. The van der Waals surface area contributed by atoms with Gasteiger partial charge < -0.3 is 25.2 Å². The lowest BCUT2D eigenvalue weighted by Crippen LogP contribution is -2.47. The lowest BCUT2D eigenvalue weighted by atomic mass is 9.94. The van der Waals surface area contributed by atoms with Crippen molar-refractivity contribution in [3.63, 3.8) is 0 Å². The second-order valence-corrected chi connectivity index (χ2v) is 9.08. The highest BCUT2D eigenvalue weighted by Gasteiger charge is 2.42. The first-order valence-electron chi connectivity index (χ1n) is 11.9. The van der Waals surface area contributed by atoms with Crippen LogP contribution >= 0.6 is 0 Å². The number of benzene rings is 1. The van der Waals surface area contributed by atoms with Crippen LogP contribution in [-0.4, -0.2) is 92.7 Å². The summed E-state index contributed by atoms with van der Waals surface area (Å²) in [5, 5.41) is 5.89. The minimum absolute atomic E-state index is 0.0702. The number of aldehydes is 1. The van der Waals surface area contributed by atoms with Crippen LogP contribution < -0.4 is 15.5 Å². The second kappa shape index (κ2) is 10.4. The summed E-state index contributed by atoms with van der Waals surface area (Å²) in [6.45, 7) is 7.07. The van der Waals surface area contributed by atoms with E-state index in [-0.39, 0.29) is 18.7 Å². The number of piperazine rings is 1. The van der Waals surface area contributed by atoms with Crippen LogP contribution in [0.3, 0.4) is 0 Å². The third kappa shape index (κ3) is 4.94. The van der Waals surface area contributed by atoms with Gasteiger partial charge in [-0.2, -0.15) is 0 Å². The van der Waals surface area contributed by atoms with Crippen molar-refractivity contribution in [1.82, 2.24) is 20.4 Å². The van der Waals surface area contributed by atoms with Gasteiger partial charge in [0.2, 0.25) is 5.91 Å². The molecule has 0 bridgehead atoms. The molecule has 0 spiro atoms. The van der Waals surface area contributed by atoms with E-state index in [0.717, 1.165) is 69.2 Å². The van der Waals surface area contributed by atoms with Crippen LogP contribution in [0.15, 0.2) is 18.2 Å². The van der Waals surface area contributed by atoms with Crippen molar-refractivity contribution in [1.29, 1.82) is 0 Å². The number of rotatable bonds is 8. The molecule has 0 aromatic heterocycles. The quantitative estimate of drug-likeness (QED) is 0.435. The molecule has 178 valence electrons. The minimum atomic E-state index is -0.952. The van der Waals surface area contributed by atoms with E-state index in [1.807, 2.05) is 6.07 Å². The molecule has 4 rings (SSSR count). The molecule has 33 heavy (non-hydrogen) atoms. The van der Waals surface area contributed by atoms with E-state index in [0.29, 0.717) is 23.3 Å². The summed E-state index contributed by atoms with van der Waals surface area (Å²) >= 11 is 0. The van der Waals surface area contributed by atoms with Gasteiger partial charge in [-0.1, -0.05) is 6.07 Å². The molecular formula is C24H33N5O4. The lowest BCUT2D eigenvalue weighted by Gasteiger charge is -2.37. The van der Waals surface area contributed by atoms with Gasteiger partial charge in [-0.25, -0.2) is 0 Å². The first-order valence-corrected chi connectivity index (χ1v) is 11.9. The highest BCUT2D eigenvalue weighted by Crippen LogP contribution is 2.35. The monoisotopic (exact) mass is 455 g/mol. The highest BCUT2D eigenvalue weighted by atomic mass is 16.2. The average Bonchev–Trinajstić information content (AvgIpc) is 3.11. The van der Waals surface area contributed by atoms with Crippen molar-refractivity contribution in [3.05, 3.63) is 29.3 Å². The van der Waals surface area contributed by atoms with Crippen molar-refractivity contribution < 1.29 is 19.2 Å². The number of carbonyl (C=O) groups excluding carboxylic acids is 4. The molecule has 9 heteroatoms. The van der Waals surface area contributed by atoms with Crippen molar-refractivity contribution in [2.75, 3.05) is 57.8 Å². The molecule has 1 aromatic carbocycles. The van der Waals surface area contributed by atoms with E-state index in [9.17, 15) is 19.2 Å². The van der Waals surface area contributed by atoms with Gasteiger partial charge in [-0.05, 0) is 37.3 Å². The van der Waals surface area contributed by atoms with Crippen molar-refractivity contribution in [2.45, 2.75) is 31.7 Å². The van der Waals surface area contributed by atoms with Gasteiger partial charge in [-0.15, -0.1) is 0 Å². The fraction of sp³-hybridized carbons (Fsp3) is 0.583. The van der Waals surface area contributed by atoms with Gasteiger partial charge in [0.15, 0.2) is 0 Å². The summed E-state index contributed by atoms with van der Waals surface area (Å²) in [6, 6.07) is 4.39. The van der Waals surface area contributed by atoms with Gasteiger partial charge in [0.25, 0.3) is 11.8 Å². The van der Waals surface area contributed by atoms with E-state index < -0.39 is 17.9 Å². The maximum Gasteiger partial charge on any atom is 0.264 e. The number of imide groups is 1. The summed E-state index contributed by atoms with van der Waals surface area (Å²) in [7, 11) is 1.51. The Balaban J connectivity index is 1.45. The third-order valence-corrected chi connectivity index (χ3v) is 7.04. The van der Waals surface area contributed by atoms with Crippen molar-refractivity contribution >= 4 is 29.7 Å². The van der Waals surface area contributed by atoms with Gasteiger partial charge in [0, 0.05) is 59.3 Å². The summed E-state index contributed by atoms with van der Waals surface area (Å²) in [6.07, 6.45) is 2.86. The molecule has 1 atom stereocenters. The Morgan fingerprint density at radius 1 is 1.15 bits per heavy atom. The maximum atomic E-state index is 13.3. The minimum Gasteiger partial charge on any atom is -0.371 e. The molecule has 1 aromatic rings. The number of carbonyl (C=O) groups is 4. The number of fused-ring (bicyclic) bond motifs is 1. The van der Waals surface area contributed by atoms with E-state index in [1.54, 1.807) is 12.1 Å². The Bertz CT molecular complexity index is 906. The molecule has 3 aliphatic heterocycles. The number of hydrogen-bond acceptors (Lipinski definition) is 7. The van der Waals surface area contributed by atoms with Crippen LogP contribution in [0.4, 0.5) is 5.69 Å². The van der Waals surface area contributed by atoms with Crippen molar-refractivity contribution in [2.24, 2.45) is 5.92 Å². The first kappa shape index (κ1) is 23.4. The molecule has 3 aliphatic rings. The van der Waals surface area contributed by atoms with Crippen LogP contribution in [0.5, 0.6) is 0 Å². The molecule has 2 saturated heterocycles. The SMILES string of the molecule is CNC(=O)CCC(C=O)N1C(=O)c2cccc(N3CCC(CN4CCNCC4)CC3)c2C1=O. The molecule has 3 amide bonds. The van der Waals surface area contributed by atoms with Gasteiger partial charge >= 0.3 is 0 Å². The zero-order valence-corrected chi connectivity index (χ0v) is 19.2. The predicted octanol–water partition coefficient (Wildman–Crippen LogP) is 0.498. The molecular weight excluding hydrogens is 422 g/mol. The molecule has 0 aliphatic carbocycles. The van der Waals surface area contributed by atoms with Crippen LogP contribution in [0.2, 0.25) is 0 Å². The number of nitrogens with zero attached hydrogens (tertiary/aromatic N) is 3.